The van der Waals surface area contributed by atoms with Crippen LogP contribution in [-0.4, -0.2) is 46.3 Å². The van der Waals surface area contributed by atoms with E-state index in [2.05, 4.69) is 154 Å². The second-order valence-corrected chi connectivity index (χ2v) is 14.3. The molecule has 6 unspecified atom stereocenters. The van der Waals surface area contributed by atoms with E-state index in [1.165, 1.54) is 32.6 Å². The van der Waals surface area contributed by atoms with Crippen molar-refractivity contribution in [1.29, 1.82) is 0 Å². The first-order valence-electron chi connectivity index (χ1n) is 16.4. The molecule has 2 N–H and O–H groups in total. The number of benzene rings is 4. The topological polar surface area (TPSA) is 46.3 Å². The molecule has 5 heterocycles. The maximum atomic E-state index is 6.49. The molecule has 5 aliphatic heterocycles. The van der Waals surface area contributed by atoms with Crippen LogP contribution in [0.4, 0.5) is 22.7 Å². The standard InChI is InChI=1S/C38H36N6OS/c1-23-21-39-37-38-40-22-24(2)42(38)36-30(41(23)37)19-25(43-26-11-3-7-15-32(26)45-33-16-8-4-12-27(33)43)20-31(36)44-28-13-5-9-17-34(28)46-35-18-10-6-14-29(35)44/h3-18,21-22,25,30-31,36-40H,19-20H2,1-2H3. The third kappa shape index (κ3) is 3.67. The lowest BCUT2D eigenvalue weighted by Gasteiger charge is -2.61. The van der Waals surface area contributed by atoms with Gasteiger partial charge >= 0.3 is 0 Å². The average Bonchev–Trinajstić information content (AvgIpc) is 3.68. The highest BCUT2D eigenvalue weighted by molar-refractivity contribution is 7.99. The normalized spacial score (nSPS) is 28.1. The van der Waals surface area contributed by atoms with Crippen LogP contribution in [0.2, 0.25) is 0 Å². The summed E-state index contributed by atoms with van der Waals surface area (Å²) in [7, 11) is 0. The summed E-state index contributed by atoms with van der Waals surface area (Å²) >= 11 is 1.89. The summed E-state index contributed by atoms with van der Waals surface area (Å²) in [6.07, 6.45) is 6.78. The molecular formula is C38H36N6OS. The molecule has 4 aromatic rings. The SMILES string of the molecule is CC1=CNC2C3NC=C(C)N3C3C(N4c5ccccc5Sc5ccccc54)CC(N4c5ccccc5Oc5ccccc54)CC3N12. The van der Waals surface area contributed by atoms with Crippen molar-refractivity contribution in [2.75, 3.05) is 9.80 Å². The molecule has 7 nitrogen and oxygen atoms in total. The number of hydrogen-bond acceptors (Lipinski definition) is 8. The Morgan fingerprint density at radius 3 is 1.72 bits per heavy atom. The minimum Gasteiger partial charge on any atom is -0.453 e. The molecule has 4 aromatic carbocycles. The predicted molar refractivity (Wildman–Crippen MR) is 184 cm³/mol. The zero-order valence-electron chi connectivity index (χ0n) is 25.9. The molecule has 0 bridgehead atoms. The van der Waals surface area contributed by atoms with Crippen LogP contribution in [0.15, 0.2) is 131 Å². The number of fused-ring (bicyclic) bond motifs is 10. The lowest BCUT2D eigenvalue weighted by atomic mass is 9.76. The highest BCUT2D eigenvalue weighted by atomic mass is 32.2. The van der Waals surface area contributed by atoms with Gasteiger partial charge in [0, 0.05) is 39.6 Å². The molecular weight excluding hydrogens is 589 g/mol. The van der Waals surface area contributed by atoms with E-state index in [9.17, 15) is 0 Å². The molecule has 0 radical (unpaired) electrons. The zero-order valence-corrected chi connectivity index (χ0v) is 26.7. The largest absolute Gasteiger partial charge is 0.453 e. The van der Waals surface area contributed by atoms with Crippen LogP contribution >= 0.6 is 11.8 Å². The van der Waals surface area contributed by atoms with Gasteiger partial charge in [0.2, 0.25) is 0 Å². The van der Waals surface area contributed by atoms with Gasteiger partial charge in [-0.25, -0.2) is 0 Å². The molecule has 230 valence electrons. The second kappa shape index (κ2) is 9.90. The molecule has 6 atom stereocenters. The summed E-state index contributed by atoms with van der Waals surface area (Å²) in [4.78, 5) is 13.3. The summed E-state index contributed by atoms with van der Waals surface area (Å²) < 4.78 is 6.49. The molecule has 1 saturated carbocycles. The number of nitrogens with zero attached hydrogens (tertiary/aromatic N) is 4. The van der Waals surface area contributed by atoms with Crippen LogP contribution in [0.1, 0.15) is 26.7 Å². The van der Waals surface area contributed by atoms with Crippen molar-refractivity contribution < 1.29 is 4.74 Å². The van der Waals surface area contributed by atoms with Gasteiger partial charge in [-0.3, -0.25) is 0 Å². The van der Waals surface area contributed by atoms with Gasteiger partial charge in [-0.05, 0) is 75.2 Å². The molecule has 0 amide bonds. The first kappa shape index (κ1) is 26.5. The van der Waals surface area contributed by atoms with Crippen LogP contribution in [0, 0.1) is 0 Å². The summed E-state index contributed by atoms with van der Waals surface area (Å²) in [5, 5.41) is 7.53. The Hall–Kier alpha value is -4.69. The summed E-state index contributed by atoms with van der Waals surface area (Å²) in [5.41, 5.74) is 7.52. The smallest absolute Gasteiger partial charge is 0.151 e. The number of para-hydroxylation sites is 6. The Bertz CT molecular complexity index is 1850. The van der Waals surface area contributed by atoms with Crippen LogP contribution in [0.3, 0.4) is 0 Å². The van der Waals surface area contributed by atoms with Crippen LogP contribution < -0.4 is 25.2 Å². The molecule has 1 saturated heterocycles. The number of ether oxygens (including phenoxy) is 1. The Morgan fingerprint density at radius 2 is 1.09 bits per heavy atom. The summed E-state index contributed by atoms with van der Waals surface area (Å²) in [6, 6.07) is 36.0. The van der Waals surface area contributed by atoms with Crippen molar-refractivity contribution in [2.45, 2.75) is 73.0 Å². The number of nitrogens with one attached hydrogen (secondary N) is 2. The van der Waals surface area contributed by atoms with Crippen molar-refractivity contribution in [3.63, 3.8) is 0 Å². The van der Waals surface area contributed by atoms with E-state index in [1.54, 1.807) is 0 Å². The third-order valence-corrected chi connectivity index (χ3v) is 11.9. The van der Waals surface area contributed by atoms with E-state index >= 15 is 0 Å². The molecule has 6 aliphatic rings. The number of piperazine rings is 1. The maximum Gasteiger partial charge on any atom is 0.151 e. The van der Waals surface area contributed by atoms with Crippen molar-refractivity contribution in [3.8, 4) is 11.5 Å². The van der Waals surface area contributed by atoms with Crippen molar-refractivity contribution in [3.05, 3.63) is 121 Å². The fourth-order valence-corrected chi connectivity index (χ4v) is 10.1. The van der Waals surface area contributed by atoms with Crippen molar-refractivity contribution in [1.82, 2.24) is 20.4 Å². The molecule has 46 heavy (non-hydrogen) atoms. The highest BCUT2D eigenvalue weighted by Gasteiger charge is 2.58. The number of anilines is 4. The van der Waals surface area contributed by atoms with Gasteiger partial charge in [0.1, 0.15) is 12.3 Å². The Morgan fingerprint density at radius 1 is 0.587 bits per heavy atom. The summed E-state index contributed by atoms with van der Waals surface area (Å²) in [5.74, 6) is 1.85. The second-order valence-electron chi connectivity index (χ2n) is 13.2. The van der Waals surface area contributed by atoms with Crippen molar-refractivity contribution in [2.24, 2.45) is 0 Å². The monoisotopic (exact) mass is 624 g/mol. The number of allylic oxidation sites excluding steroid dienone is 2. The van der Waals surface area contributed by atoms with Gasteiger partial charge in [0.05, 0.1) is 40.9 Å². The lowest BCUT2D eigenvalue weighted by Crippen LogP contribution is -2.76. The van der Waals surface area contributed by atoms with E-state index < -0.39 is 0 Å². The quantitative estimate of drug-likeness (QED) is 0.235. The van der Waals surface area contributed by atoms with E-state index in [0.29, 0.717) is 0 Å². The first-order chi connectivity index (χ1) is 22.7. The first-order valence-corrected chi connectivity index (χ1v) is 17.2. The van der Waals surface area contributed by atoms with Crippen LogP contribution in [0.25, 0.3) is 0 Å². The Balaban J connectivity index is 1.19. The van der Waals surface area contributed by atoms with Crippen LogP contribution in [-0.2, 0) is 0 Å². The van der Waals surface area contributed by atoms with Gasteiger partial charge in [0.15, 0.2) is 11.5 Å². The fourth-order valence-electron chi connectivity index (χ4n) is 9.06. The maximum absolute atomic E-state index is 6.49. The molecule has 8 heteroatoms. The van der Waals surface area contributed by atoms with E-state index in [1.807, 2.05) is 11.8 Å². The van der Waals surface area contributed by atoms with Gasteiger partial charge in [0.25, 0.3) is 0 Å². The molecule has 0 aromatic heterocycles. The summed E-state index contributed by atoms with van der Waals surface area (Å²) in [6.45, 7) is 4.55. The highest BCUT2D eigenvalue weighted by Crippen LogP contribution is 2.55. The van der Waals surface area contributed by atoms with E-state index in [4.69, 9.17) is 4.74 Å². The lowest BCUT2D eigenvalue weighted by molar-refractivity contribution is -0.0512. The van der Waals surface area contributed by atoms with Crippen LogP contribution in [0.5, 0.6) is 11.5 Å². The zero-order chi connectivity index (χ0) is 30.5. The van der Waals surface area contributed by atoms with E-state index in [-0.39, 0.29) is 36.5 Å². The van der Waals surface area contributed by atoms with Crippen molar-refractivity contribution >= 4 is 34.5 Å². The van der Waals surface area contributed by atoms with Gasteiger partial charge in [-0.2, -0.15) is 0 Å². The van der Waals surface area contributed by atoms with Gasteiger partial charge in [-0.1, -0.05) is 60.3 Å². The average molecular weight is 625 g/mol. The minimum absolute atomic E-state index is 0.156. The molecule has 10 rings (SSSR count). The molecule has 1 aliphatic carbocycles. The van der Waals surface area contributed by atoms with Gasteiger partial charge in [-0.15, -0.1) is 0 Å². The molecule has 0 spiro atoms. The molecule has 2 fully saturated rings. The van der Waals surface area contributed by atoms with Gasteiger partial charge < -0.3 is 35.0 Å². The number of rotatable bonds is 2. The minimum atomic E-state index is 0.156. The fraction of sp³-hybridized carbons (Fsp3) is 0.263. The predicted octanol–water partition coefficient (Wildman–Crippen LogP) is 7.70. The van der Waals surface area contributed by atoms with E-state index in [0.717, 1.165) is 35.7 Å². The third-order valence-electron chi connectivity index (χ3n) is 10.8. The number of hydrogen-bond donors (Lipinski definition) is 2. The Kier molecular flexibility index (Phi) is 5.71. The Labute approximate surface area is 274 Å².